The fourth-order valence-corrected chi connectivity index (χ4v) is 2.57. The molecule has 18 heavy (non-hydrogen) atoms. The molecule has 1 amide bonds. The van der Waals surface area contributed by atoms with E-state index in [0.29, 0.717) is 5.69 Å². The number of nitrogen functional groups attached to an aromatic ring is 1. The number of carbonyl (C=O) groups is 1. The van der Waals surface area contributed by atoms with Crippen LogP contribution in [-0.2, 0) is 0 Å². The summed E-state index contributed by atoms with van der Waals surface area (Å²) in [4.78, 5) is 14.0. The highest BCUT2D eigenvalue weighted by atomic mass is 32.1. The molecule has 0 aliphatic carbocycles. The fourth-order valence-electron chi connectivity index (χ4n) is 1.64. The molecule has 0 bridgehead atoms. The molecule has 94 valence electrons. The topological polar surface area (TPSA) is 55.1 Å². The van der Waals surface area contributed by atoms with E-state index < -0.39 is 0 Å². The van der Waals surface area contributed by atoms with E-state index in [0.717, 1.165) is 21.7 Å². The monoisotopic (exact) mass is 260 g/mol. The summed E-state index contributed by atoms with van der Waals surface area (Å²) < 4.78 is 0. The molecule has 0 unspecified atom stereocenters. The highest BCUT2D eigenvalue weighted by Gasteiger charge is 2.11. The third-order valence-corrected chi connectivity index (χ3v) is 4.05. The summed E-state index contributed by atoms with van der Waals surface area (Å²) in [5.74, 6) is -0.0788. The molecular weight excluding hydrogens is 244 g/mol. The number of rotatable bonds is 2. The second-order valence-electron chi connectivity index (χ2n) is 4.38. The van der Waals surface area contributed by atoms with Crippen molar-refractivity contribution in [3.8, 4) is 0 Å². The average Bonchev–Trinajstić information content (AvgIpc) is 2.64. The minimum absolute atomic E-state index is 0.0788. The van der Waals surface area contributed by atoms with Gasteiger partial charge in [-0.25, -0.2) is 0 Å². The molecule has 3 nitrogen and oxygen atoms in total. The zero-order valence-electron chi connectivity index (χ0n) is 10.7. The molecule has 2 rings (SSSR count). The van der Waals surface area contributed by atoms with Crippen molar-refractivity contribution in [3.05, 3.63) is 45.1 Å². The number of thiophene rings is 1. The van der Waals surface area contributed by atoms with Crippen LogP contribution in [0.5, 0.6) is 0 Å². The van der Waals surface area contributed by atoms with Gasteiger partial charge in [0, 0.05) is 16.3 Å². The van der Waals surface area contributed by atoms with E-state index in [1.807, 2.05) is 39.0 Å². The highest BCUT2D eigenvalue weighted by molar-refractivity contribution is 7.14. The second-order valence-corrected chi connectivity index (χ2v) is 5.63. The lowest BCUT2D eigenvalue weighted by Gasteiger charge is -2.08. The maximum Gasteiger partial charge on any atom is 0.265 e. The largest absolute Gasteiger partial charge is 0.399 e. The maximum absolute atomic E-state index is 12.1. The van der Waals surface area contributed by atoms with Crippen molar-refractivity contribution in [1.82, 2.24) is 0 Å². The van der Waals surface area contributed by atoms with Crippen LogP contribution in [0.4, 0.5) is 11.4 Å². The molecule has 0 radical (unpaired) electrons. The van der Waals surface area contributed by atoms with Gasteiger partial charge in [-0.2, -0.15) is 0 Å². The molecule has 0 saturated carbocycles. The van der Waals surface area contributed by atoms with Gasteiger partial charge >= 0.3 is 0 Å². The number of anilines is 2. The van der Waals surface area contributed by atoms with Crippen LogP contribution >= 0.6 is 11.3 Å². The molecule has 0 aliphatic heterocycles. The number of nitrogens with two attached hydrogens (primary N) is 1. The van der Waals surface area contributed by atoms with Crippen molar-refractivity contribution < 1.29 is 4.79 Å². The Morgan fingerprint density at radius 1 is 1.17 bits per heavy atom. The van der Waals surface area contributed by atoms with Crippen LogP contribution < -0.4 is 11.1 Å². The lowest BCUT2D eigenvalue weighted by molar-refractivity contribution is 0.103. The van der Waals surface area contributed by atoms with Crippen LogP contribution in [0.2, 0.25) is 0 Å². The Hall–Kier alpha value is -1.81. The standard InChI is InChI=1S/C14H16N2OS/c1-8-4-5-11(15)7-12(8)16-14(17)13-6-9(2)10(3)18-13/h4-7H,15H2,1-3H3,(H,16,17). The first-order valence-electron chi connectivity index (χ1n) is 5.72. The molecular formula is C14H16N2OS. The Balaban J connectivity index is 2.23. The van der Waals surface area contributed by atoms with E-state index in [9.17, 15) is 4.79 Å². The van der Waals surface area contributed by atoms with Crippen molar-refractivity contribution >= 4 is 28.6 Å². The number of nitrogens with one attached hydrogen (secondary N) is 1. The van der Waals surface area contributed by atoms with E-state index in [1.54, 1.807) is 6.07 Å². The van der Waals surface area contributed by atoms with Crippen LogP contribution in [-0.4, -0.2) is 5.91 Å². The van der Waals surface area contributed by atoms with E-state index >= 15 is 0 Å². The molecule has 1 aromatic heterocycles. The summed E-state index contributed by atoms with van der Waals surface area (Å²) in [5, 5.41) is 2.90. The van der Waals surface area contributed by atoms with E-state index in [2.05, 4.69) is 5.32 Å². The Morgan fingerprint density at radius 2 is 1.89 bits per heavy atom. The Kier molecular flexibility index (Phi) is 3.39. The summed E-state index contributed by atoms with van der Waals surface area (Å²) in [6.45, 7) is 5.97. The third kappa shape index (κ3) is 2.54. The Morgan fingerprint density at radius 3 is 2.50 bits per heavy atom. The first kappa shape index (κ1) is 12.6. The number of aryl methyl sites for hydroxylation is 3. The van der Waals surface area contributed by atoms with Gasteiger partial charge in [-0.3, -0.25) is 4.79 Å². The minimum atomic E-state index is -0.0788. The van der Waals surface area contributed by atoms with Gasteiger partial charge in [-0.15, -0.1) is 11.3 Å². The SMILES string of the molecule is Cc1ccc(N)cc1NC(=O)c1cc(C)c(C)s1. The first-order chi connectivity index (χ1) is 8.47. The summed E-state index contributed by atoms with van der Waals surface area (Å²) in [5.41, 5.74) is 9.29. The van der Waals surface area contributed by atoms with Crippen molar-refractivity contribution in [1.29, 1.82) is 0 Å². The smallest absolute Gasteiger partial charge is 0.265 e. The lowest BCUT2D eigenvalue weighted by atomic mass is 10.2. The van der Waals surface area contributed by atoms with Crippen molar-refractivity contribution in [2.24, 2.45) is 0 Å². The molecule has 2 aromatic rings. The van der Waals surface area contributed by atoms with Crippen molar-refractivity contribution in [3.63, 3.8) is 0 Å². The molecule has 0 saturated heterocycles. The number of benzene rings is 1. The third-order valence-electron chi connectivity index (χ3n) is 2.90. The molecule has 1 aromatic carbocycles. The van der Waals surface area contributed by atoms with E-state index in [4.69, 9.17) is 5.73 Å². The summed E-state index contributed by atoms with van der Waals surface area (Å²) in [6.07, 6.45) is 0. The van der Waals surface area contributed by atoms with Crippen LogP contribution in [0.1, 0.15) is 25.7 Å². The van der Waals surface area contributed by atoms with Crippen LogP contribution in [0.15, 0.2) is 24.3 Å². The fraction of sp³-hybridized carbons (Fsp3) is 0.214. The summed E-state index contributed by atoms with van der Waals surface area (Å²) >= 11 is 1.51. The maximum atomic E-state index is 12.1. The normalized spacial score (nSPS) is 10.4. The number of amides is 1. The van der Waals surface area contributed by atoms with Gasteiger partial charge in [0.2, 0.25) is 0 Å². The average molecular weight is 260 g/mol. The lowest BCUT2D eigenvalue weighted by Crippen LogP contribution is -2.11. The predicted molar refractivity (Wildman–Crippen MR) is 77.3 cm³/mol. The highest BCUT2D eigenvalue weighted by Crippen LogP contribution is 2.23. The van der Waals surface area contributed by atoms with Gasteiger partial charge in [0.25, 0.3) is 5.91 Å². The van der Waals surface area contributed by atoms with Crippen LogP contribution in [0.25, 0.3) is 0 Å². The van der Waals surface area contributed by atoms with Gasteiger partial charge in [-0.1, -0.05) is 6.07 Å². The molecule has 0 atom stereocenters. The molecule has 3 N–H and O–H groups in total. The zero-order chi connectivity index (χ0) is 13.3. The Bertz CT molecular complexity index is 582. The molecule has 1 heterocycles. The Labute approximate surface area is 111 Å². The second kappa shape index (κ2) is 4.82. The van der Waals surface area contributed by atoms with E-state index in [1.165, 1.54) is 16.2 Å². The molecule has 0 aliphatic rings. The summed E-state index contributed by atoms with van der Waals surface area (Å²) in [6, 6.07) is 7.41. The number of hydrogen-bond donors (Lipinski definition) is 2. The van der Waals surface area contributed by atoms with Gasteiger partial charge in [0.15, 0.2) is 0 Å². The quantitative estimate of drug-likeness (QED) is 0.812. The first-order valence-corrected chi connectivity index (χ1v) is 6.53. The van der Waals surface area contributed by atoms with Crippen LogP contribution in [0, 0.1) is 20.8 Å². The van der Waals surface area contributed by atoms with E-state index in [-0.39, 0.29) is 5.91 Å². The van der Waals surface area contributed by atoms with Crippen LogP contribution in [0.3, 0.4) is 0 Å². The van der Waals surface area contributed by atoms with Gasteiger partial charge < -0.3 is 11.1 Å². The number of carbonyl (C=O) groups excluding carboxylic acids is 1. The van der Waals surface area contributed by atoms with Gasteiger partial charge in [-0.05, 0) is 50.1 Å². The molecule has 0 spiro atoms. The predicted octanol–water partition coefficient (Wildman–Crippen LogP) is 3.51. The van der Waals surface area contributed by atoms with Crippen molar-refractivity contribution in [2.75, 3.05) is 11.1 Å². The zero-order valence-corrected chi connectivity index (χ0v) is 11.5. The molecule has 4 heteroatoms. The number of hydrogen-bond acceptors (Lipinski definition) is 3. The van der Waals surface area contributed by atoms with Gasteiger partial charge in [0.05, 0.1) is 4.88 Å². The summed E-state index contributed by atoms with van der Waals surface area (Å²) in [7, 11) is 0. The minimum Gasteiger partial charge on any atom is -0.399 e. The molecule has 0 fully saturated rings. The van der Waals surface area contributed by atoms with Crippen molar-refractivity contribution in [2.45, 2.75) is 20.8 Å². The van der Waals surface area contributed by atoms with Gasteiger partial charge in [0.1, 0.15) is 0 Å².